The molecule has 49 heavy (non-hydrogen) atoms. The molecule has 0 radical (unpaired) electrons. The van der Waals surface area contributed by atoms with Crippen molar-refractivity contribution in [2.75, 3.05) is 13.2 Å². The Morgan fingerprint density at radius 1 is 0.510 bits per heavy atom. The van der Waals surface area contributed by atoms with Crippen molar-refractivity contribution in [3.8, 4) is 0 Å². The van der Waals surface area contributed by atoms with E-state index in [1.54, 1.807) is 0 Å². The number of carbonyl (C=O) groups excluding carboxylic acids is 2. The first-order chi connectivity index (χ1) is 23.8. The predicted molar refractivity (Wildman–Crippen MR) is 202 cm³/mol. The summed E-state index contributed by atoms with van der Waals surface area (Å²) in [6.07, 6.45) is 40.4. The molecular weight excluding hydrogens is 639 g/mol. The van der Waals surface area contributed by atoms with Crippen molar-refractivity contribution in [1.29, 1.82) is 0 Å². The van der Waals surface area contributed by atoms with Crippen LogP contribution in [0, 0.1) is 0 Å². The summed E-state index contributed by atoms with van der Waals surface area (Å²) < 4.78 is 26.3. The molecule has 0 aliphatic carbocycles. The molecule has 0 saturated carbocycles. The van der Waals surface area contributed by atoms with Crippen LogP contribution in [0.2, 0.25) is 0 Å². The van der Waals surface area contributed by atoms with Crippen molar-refractivity contribution >= 4 is 19.8 Å². The van der Waals surface area contributed by atoms with E-state index in [-0.39, 0.29) is 19.4 Å². The Kier molecular flexibility index (Phi) is 35.2. The zero-order valence-electron chi connectivity index (χ0n) is 31.6. The van der Waals surface area contributed by atoms with E-state index in [0.29, 0.717) is 12.8 Å². The van der Waals surface area contributed by atoms with Gasteiger partial charge in [-0.3, -0.25) is 14.1 Å². The zero-order valence-corrected chi connectivity index (χ0v) is 32.5. The largest absolute Gasteiger partial charge is 0.469 e. The van der Waals surface area contributed by atoms with E-state index >= 15 is 0 Å². The lowest BCUT2D eigenvalue weighted by Crippen LogP contribution is -2.29. The first-order valence-electron chi connectivity index (χ1n) is 20.1. The van der Waals surface area contributed by atoms with Crippen LogP contribution in [0.4, 0.5) is 0 Å². The minimum Gasteiger partial charge on any atom is -0.462 e. The second-order valence-electron chi connectivity index (χ2n) is 13.6. The molecule has 0 bridgehead atoms. The Bertz CT molecular complexity index is 853. The Hall–Kier alpha value is -1.47. The summed E-state index contributed by atoms with van der Waals surface area (Å²) in [5.41, 5.74) is 0. The lowest BCUT2D eigenvalue weighted by Gasteiger charge is -2.18. The third kappa shape index (κ3) is 39.2. The molecule has 0 fully saturated rings. The van der Waals surface area contributed by atoms with Crippen molar-refractivity contribution in [2.45, 2.75) is 206 Å². The molecule has 0 rings (SSSR count). The fraction of sp³-hybridized carbons (Fsp3) is 0.850. The van der Waals surface area contributed by atoms with Gasteiger partial charge in [0.05, 0.1) is 6.61 Å². The van der Waals surface area contributed by atoms with Crippen LogP contribution in [-0.2, 0) is 28.2 Å². The van der Waals surface area contributed by atoms with E-state index in [4.69, 9.17) is 19.3 Å². The molecule has 0 aromatic heterocycles. The van der Waals surface area contributed by atoms with Gasteiger partial charge in [0.2, 0.25) is 0 Å². The topological polar surface area (TPSA) is 119 Å². The molecule has 288 valence electrons. The van der Waals surface area contributed by atoms with Crippen LogP contribution < -0.4 is 0 Å². The van der Waals surface area contributed by atoms with Crippen LogP contribution in [0.15, 0.2) is 24.3 Å². The van der Waals surface area contributed by atoms with E-state index in [9.17, 15) is 14.2 Å². The maximum atomic E-state index is 12.4. The SMILES string of the molecule is CCCCC/C=C\CCCCCCCC(=O)OC[C@H](COP(=O)(O)O)OC(=O)CCCCCCCCC/C=C\CCCCCCCCCC. The number of hydrogen-bond acceptors (Lipinski definition) is 6. The van der Waals surface area contributed by atoms with Crippen LogP contribution in [0.5, 0.6) is 0 Å². The number of unbranched alkanes of at least 4 members (excludes halogenated alkanes) is 23. The molecule has 9 heteroatoms. The smallest absolute Gasteiger partial charge is 0.462 e. The highest BCUT2D eigenvalue weighted by atomic mass is 31.2. The van der Waals surface area contributed by atoms with Crippen LogP contribution >= 0.6 is 7.82 Å². The van der Waals surface area contributed by atoms with Gasteiger partial charge in [0.25, 0.3) is 0 Å². The number of rotatable bonds is 37. The lowest BCUT2D eigenvalue weighted by atomic mass is 10.1. The summed E-state index contributed by atoms with van der Waals surface area (Å²) in [5.74, 6) is -0.896. The number of phosphoric ester groups is 1. The van der Waals surface area contributed by atoms with Gasteiger partial charge in [-0.1, -0.05) is 147 Å². The number of esters is 2. The van der Waals surface area contributed by atoms with Gasteiger partial charge in [0.15, 0.2) is 6.10 Å². The normalized spacial score (nSPS) is 12.7. The van der Waals surface area contributed by atoms with Gasteiger partial charge in [-0.05, 0) is 64.2 Å². The molecule has 8 nitrogen and oxygen atoms in total. The molecule has 0 saturated heterocycles. The van der Waals surface area contributed by atoms with Crippen LogP contribution in [0.1, 0.15) is 200 Å². The number of phosphoric acid groups is 1. The molecule has 0 aliphatic heterocycles. The molecule has 2 N–H and O–H groups in total. The Labute approximate surface area is 300 Å². The highest BCUT2D eigenvalue weighted by Gasteiger charge is 2.22. The minimum absolute atomic E-state index is 0.207. The van der Waals surface area contributed by atoms with Gasteiger partial charge in [-0.25, -0.2) is 4.57 Å². The Balaban J connectivity index is 3.92. The number of hydrogen-bond donors (Lipinski definition) is 2. The second-order valence-corrected chi connectivity index (χ2v) is 14.8. The maximum Gasteiger partial charge on any atom is 0.469 e. The van der Waals surface area contributed by atoms with Crippen molar-refractivity contribution in [1.82, 2.24) is 0 Å². The molecule has 0 spiro atoms. The van der Waals surface area contributed by atoms with E-state index in [1.165, 1.54) is 103 Å². The monoisotopic (exact) mass is 715 g/mol. The summed E-state index contributed by atoms with van der Waals surface area (Å²) >= 11 is 0. The second kappa shape index (κ2) is 36.3. The maximum absolute atomic E-state index is 12.4. The van der Waals surface area contributed by atoms with Crippen LogP contribution in [0.25, 0.3) is 0 Å². The van der Waals surface area contributed by atoms with E-state index in [0.717, 1.165) is 57.8 Å². The quantitative estimate of drug-likeness (QED) is 0.0282. The third-order valence-corrected chi connectivity index (χ3v) is 9.18. The van der Waals surface area contributed by atoms with Crippen molar-refractivity contribution in [2.24, 2.45) is 0 Å². The standard InChI is InChI=1S/C40H75O8P/c1-3-5-7-9-11-13-15-17-18-19-20-21-22-23-25-27-29-31-33-35-40(42)48-38(37-47-49(43,44)45)36-46-39(41)34-32-30-28-26-24-16-14-12-10-8-6-4-2/h12,14,19-20,38H,3-11,13,15-18,21-37H2,1-2H3,(H2,43,44,45)/b14-12-,20-19-/t38-/m1/s1. The van der Waals surface area contributed by atoms with E-state index in [1.807, 2.05) is 0 Å². The van der Waals surface area contributed by atoms with Gasteiger partial charge >= 0.3 is 19.8 Å². The molecule has 0 unspecified atom stereocenters. The Morgan fingerprint density at radius 2 is 0.857 bits per heavy atom. The summed E-state index contributed by atoms with van der Waals surface area (Å²) in [6, 6.07) is 0. The van der Waals surface area contributed by atoms with E-state index < -0.39 is 32.5 Å². The minimum atomic E-state index is -4.75. The molecule has 0 amide bonds. The summed E-state index contributed by atoms with van der Waals surface area (Å²) in [6.45, 7) is 3.65. The molecule has 0 heterocycles. The lowest BCUT2D eigenvalue weighted by molar-refractivity contribution is -0.161. The van der Waals surface area contributed by atoms with Crippen LogP contribution in [0.3, 0.4) is 0 Å². The zero-order chi connectivity index (χ0) is 36.1. The average molecular weight is 715 g/mol. The molecule has 0 aromatic carbocycles. The van der Waals surface area contributed by atoms with Gasteiger partial charge < -0.3 is 19.3 Å². The van der Waals surface area contributed by atoms with Crippen molar-refractivity contribution in [3.05, 3.63) is 24.3 Å². The summed E-state index contributed by atoms with van der Waals surface area (Å²) in [4.78, 5) is 42.7. The molecule has 0 aliphatic rings. The van der Waals surface area contributed by atoms with Gasteiger partial charge in [-0.15, -0.1) is 0 Å². The molecule has 1 atom stereocenters. The fourth-order valence-corrected chi connectivity index (χ4v) is 6.02. The van der Waals surface area contributed by atoms with Crippen LogP contribution in [-0.4, -0.2) is 41.0 Å². The molecular formula is C40H75O8P. The summed E-state index contributed by atoms with van der Waals surface area (Å²) in [5, 5.41) is 0. The van der Waals surface area contributed by atoms with E-state index in [2.05, 4.69) is 42.7 Å². The third-order valence-electron chi connectivity index (χ3n) is 8.69. The number of ether oxygens (including phenoxy) is 2. The first kappa shape index (κ1) is 47.5. The van der Waals surface area contributed by atoms with Crippen molar-refractivity contribution < 1.29 is 37.9 Å². The van der Waals surface area contributed by atoms with Gasteiger partial charge in [0, 0.05) is 12.8 Å². The van der Waals surface area contributed by atoms with Crippen molar-refractivity contribution in [3.63, 3.8) is 0 Å². The first-order valence-corrected chi connectivity index (χ1v) is 21.7. The fourth-order valence-electron chi connectivity index (χ4n) is 5.66. The highest BCUT2D eigenvalue weighted by molar-refractivity contribution is 7.46. The highest BCUT2D eigenvalue weighted by Crippen LogP contribution is 2.36. The summed E-state index contributed by atoms with van der Waals surface area (Å²) in [7, 11) is -4.75. The van der Waals surface area contributed by atoms with Gasteiger partial charge in [-0.2, -0.15) is 0 Å². The average Bonchev–Trinajstić information content (AvgIpc) is 3.07. The number of allylic oxidation sites excluding steroid dienone is 4. The number of carbonyl (C=O) groups is 2. The Morgan fingerprint density at radius 3 is 1.29 bits per heavy atom. The molecule has 0 aromatic rings. The van der Waals surface area contributed by atoms with Gasteiger partial charge in [0.1, 0.15) is 6.61 Å². The predicted octanol–water partition coefficient (Wildman–Crippen LogP) is 12.0.